The van der Waals surface area contributed by atoms with Crippen molar-refractivity contribution in [2.24, 2.45) is 5.73 Å². The molecule has 0 fully saturated rings. The molecule has 6 unspecified atom stereocenters. The van der Waals surface area contributed by atoms with Gasteiger partial charge in [-0.2, -0.15) is 0 Å². The van der Waals surface area contributed by atoms with E-state index in [2.05, 4.69) is 5.32 Å². The van der Waals surface area contributed by atoms with Gasteiger partial charge in [0, 0.05) is 13.1 Å². The van der Waals surface area contributed by atoms with Crippen LogP contribution in [0.2, 0.25) is 0 Å². The van der Waals surface area contributed by atoms with Gasteiger partial charge in [0.25, 0.3) is 0 Å². The Kier molecular flexibility index (Phi) is 12.9. The van der Waals surface area contributed by atoms with Gasteiger partial charge in [0.05, 0.1) is 29.9 Å². The maximum atomic E-state index is 11.1. The van der Waals surface area contributed by atoms with Crippen molar-refractivity contribution in [1.82, 2.24) is 10.2 Å². The van der Waals surface area contributed by atoms with Crippen LogP contribution in [0.5, 0.6) is 0 Å². The van der Waals surface area contributed by atoms with Gasteiger partial charge in [-0.05, 0) is 32.1 Å². The lowest BCUT2D eigenvalue weighted by atomic mass is 9.72. The fraction of sp³-hybridized carbons (Fsp3) is 1.00. The van der Waals surface area contributed by atoms with Gasteiger partial charge < -0.3 is 36.6 Å². The molecule has 0 aliphatic heterocycles. The topological polar surface area (TPSA) is 142 Å². The van der Waals surface area contributed by atoms with Crippen LogP contribution in [0.1, 0.15) is 66.7 Å². The number of hydrogen-bond donors (Lipinski definition) is 7. The van der Waals surface area contributed by atoms with Crippen molar-refractivity contribution < 1.29 is 25.5 Å². The second kappa shape index (κ2) is 13.0. The zero-order chi connectivity index (χ0) is 21.2. The summed E-state index contributed by atoms with van der Waals surface area (Å²) in [5.41, 5.74) is 4.14. The van der Waals surface area contributed by atoms with Gasteiger partial charge >= 0.3 is 0 Å². The van der Waals surface area contributed by atoms with E-state index < -0.39 is 42.3 Å². The third kappa shape index (κ3) is 5.83. The van der Waals surface area contributed by atoms with E-state index in [1.165, 1.54) is 4.90 Å². The lowest BCUT2D eigenvalue weighted by Gasteiger charge is -2.57. The fourth-order valence-corrected chi connectivity index (χ4v) is 3.99. The second-order valence-corrected chi connectivity index (χ2v) is 7.12. The first-order valence-electron chi connectivity index (χ1n) is 10.4. The molecule has 164 valence electrons. The van der Waals surface area contributed by atoms with Gasteiger partial charge in [-0.3, -0.25) is 0 Å². The number of nitrogens with zero attached hydrogens (tertiary/aromatic N) is 1. The molecule has 8 N–H and O–H groups in total. The average Bonchev–Trinajstić information content (AvgIpc) is 2.70. The van der Waals surface area contributed by atoms with Gasteiger partial charge in [0.15, 0.2) is 0 Å². The highest BCUT2D eigenvalue weighted by atomic mass is 16.3. The lowest BCUT2D eigenvalue weighted by molar-refractivity contribution is -0.239. The third-order valence-corrected chi connectivity index (χ3v) is 5.47. The van der Waals surface area contributed by atoms with E-state index >= 15 is 0 Å². The number of rotatable bonds is 15. The maximum Gasteiger partial charge on any atom is 0.109 e. The van der Waals surface area contributed by atoms with Gasteiger partial charge in [0.1, 0.15) is 12.5 Å². The highest BCUT2D eigenvalue weighted by Crippen LogP contribution is 2.37. The quantitative estimate of drug-likeness (QED) is 0.188. The van der Waals surface area contributed by atoms with E-state index in [9.17, 15) is 25.5 Å². The summed E-state index contributed by atoms with van der Waals surface area (Å²) in [5, 5.41) is 57.8. The molecule has 0 aromatic carbocycles. The molecule has 0 spiro atoms. The van der Waals surface area contributed by atoms with Crippen LogP contribution in [-0.2, 0) is 0 Å². The minimum atomic E-state index is -1.50. The predicted molar refractivity (Wildman–Crippen MR) is 107 cm³/mol. The molecular weight excluding hydrogens is 350 g/mol. The van der Waals surface area contributed by atoms with Crippen molar-refractivity contribution in [1.29, 1.82) is 0 Å². The Bertz CT molecular complexity index is 368. The van der Waals surface area contributed by atoms with E-state index in [4.69, 9.17) is 5.73 Å². The lowest BCUT2D eigenvalue weighted by Crippen LogP contribution is -2.78. The molecule has 8 nitrogen and oxygen atoms in total. The summed E-state index contributed by atoms with van der Waals surface area (Å²) in [6.45, 7) is 9.54. The van der Waals surface area contributed by atoms with Crippen LogP contribution in [0.15, 0.2) is 0 Å². The van der Waals surface area contributed by atoms with E-state index in [1.54, 1.807) is 34.6 Å². The summed E-state index contributed by atoms with van der Waals surface area (Å²) in [7, 11) is 0. The SMILES string of the molecule is CCC(O)C(NCCN)C(C(O)CC)(C(O)CC)N(C(O)CC)C(O)CC. The molecule has 0 rings (SSSR count). The van der Waals surface area contributed by atoms with Crippen molar-refractivity contribution >= 4 is 0 Å². The van der Waals surface area contributed by atoms with Crippen LogP contribution in [-0.4, -0.2) is 85.9 Å². The molecule has 0 aromatic heterocycles. The van der Waals surface area contributed by atoms with Crippen LogP contribution >= 0.6 is 0 Å². The minimum absolute atomic E-state index is 0.275. The first kappa shape index (κ1) is 26.7. The second-order valence-electron chi connectivity index (χ2n) is 7.12. The standard InChI is InChI=1S/C19H43N3O5/c1-6-13(23)18(21-12-11-20)19(14(24)7-2,15(25)8-3)22(16(26)9-4)17(27)10-5/h13-18,21,23-27H,6-12,20H2,1-5H3. The first-order valence-corrected chi connectivity index (χ1v) is 10.4. The maximum absolute atomic E-state index is 11.1. The van der Waals surface area contributed by atoms with E-state index in [-0.39, 0.29) is 25.7 Å². The van der Waals surface area contributed by atoms with Crippen LogP contribution in [0.3, 0.4) is 0 Å². The normalized spacial score (nSPS) is 21.3. The zero-order valence-corrected chi connectivity index (χ0v) is 17.7. The number of aliphatic hydroxyl groups is 5. The number of nitrogens with two attached hydrogens (primary N) is 1. The smallest absolute Gasteiger partial charge is 0.109 e. The molecule has 0 saturated heterocycles. The van der Waals surface area contributed by atoms with E-state index in [0.29, 0.717) is 19.5 Å². The Hall–Kier alpha value is -0.320. The van der Waals surface area contributed by atoms with Crippen LogP contribution in [0.4, 0.5) is 0 Å². The Morgan fingerprint density at radius 2 is 1.22 bits per heavy atom. The molecule has 0 aliphatic carbocycles. The Morgan fingerprint density at radius 3 is 1.52 bits per heavy atom. The Balaban J connectivity index is 6.76. The molecule has 0 aromatic rings. The highest BCUT2D eigenvalue weighted by Gasteiger charge is 2.58. The third-order valence-electron chi connectivity index (χ3n) is 5.47. The van der Waals surface area contributed by atoms with Crippen molar-refractivity contribution in [2.75, 3.05) is 13.1 Å². The van der Waals surface area contributed by atoms with Crippen molar-refractivity contribution in [3.05, 3.63) is 0 Å². The summed E-state index contributed by atoms with van der Waals surface area (Å²) < 4.78 is 0. The summed E-state index contributed by atoms with van der Waals surface area (Å²) in [6.07, 6.45) is -3.84. The van der Waals surface area contributed by atoms with Crippen molar-refractivity contribution in [3.63, 3.8) is 0 Å². The summed E-state index contributed by atoms with van der Waals surface area (Å²) >= 11 is 0. The van der Waals surface area contributed by atoms with Crippen LogP contribution in [0, 0.1) is 0 Å². The van der Waals surface area contributed by atoms with Crippen molar-refractivity contribution in [3.8, 4) is 0 Å². The monoisotopic (exact) mass is 393 g/mol. The van der Waals surface area contributed by atoms with Gasteiger partial charge in [-0.1, -0.05) is 34.6 Å². The van der Waals surface area contributed by atoms with E-state index in [0.717, 1.165) is 0 Å². The predicted octanol–water partition coefficient (Wildman–Crippen LogP) is -0.286. The van der Waals surface area contributed by atoms with Gasteiger partial charge in [0.2, 0.25) is 0 Å². The van der Waals surface area contributed by atoms with Crippen LogP contribution < -0.4 is 11.1 Å². The molecule has 8 heteroatoms. The summed E-state index contributed by atoms with van der Waals surface area (Å²) in [4.78, 5) is 1.39. The zero-order valence-electron chi connectivity index (χ0n) is 17.7. The molecule has 0 radical (unpaired) electrons. The minimum Gasteiger partial charge on any atom is -0.391 e. The summed E-state index contributed by atoms with van der Waals surface area (Å²) in [5.74, 6) is 0. The average molecular weight is 394 g/mol. The number of nitrogens with one attached hydrogen (secondary N) is 1. The Morgan fingerprint density at radius 1 is 0.778 bits per heavy atom. The van der Waals surface area contributed by atoms with Gasteiger partial charge in [-0.25, -0.2) is 4.90 Å². The molecule has 27 heavy (non-hydrogen) atoms. The summed E-state index contributed by atoms with van der Waals surface area (Å²) in [6, 6.07) is -0.807. The molecule has 6 atom stereocenters. The largest absolute Gasteiger partial charge is 0.391 e. The van der Waals surface area contributed by atoms with Gasteiger partial charge in [-0.15, -0.1) is 0 Å². The Labute approximate surface area is 164 Å². The first-order chi connectivity index (χ1) is 12.7. The number of aliphatic hydroxyl groups excluding tert-OH is 5. The molecule has 0 amide bonds. The van der Waals surface area contributed by atoms with Crippen molar-refractivity contribution in [2.45, 2.75) is 109 Å². The van der Waals surface area contributed by atoms with E-state index in [1.807, 2.05) is 0 Å². The van der Waals surface area contributed by atoms with Crippen LogP contribution in [0.25, 0.3) is 0 Å². The molecule has 0 saturated carbocycles. The highest BCUT2D eigenvalue weighted by molar-refractivity contribution is 5.12. The molecule has 0 heterocycles. The number of hydrogen-bond acceptors (Lipinski definition) is 8. The molecule has 0 bridgehead atoms. The fourth-order valence-electron chi connectivity index (χ4n) is 3.99. The molecule has 0 aliphatic rings. The molecular formula is C19H43N3O5.